The molecule has 36 heavy (non-hydrogen) atoms. The van der Waals surface area contributed by atoms with Crippen LogP contribution in [0.5, 0.6) is 0 Å². The van der Waals surface area contributed by atoms with E-state index < -0.39 is 17.4 Å². The fourth-order valence-electron chi connectivity index (χ4n) is 5.45. The topological polar surface area (TPSA) is 105 Å². The number of H-pyrrole nitrogens is 1. The van der Waals surface area contributed by atoms with Gasteiger partial charge in [0.2, 0.25) is 5.91 Å². The number of carbonyl (C=O) groups is 2. The zero-order valence-corrected chi connectivity index (χ0v) is 22.0. The quantitative estimate of drug-likeness (QED) is 0.429. The van der Waals surface area contributed by atoms with Gasteiger partial charge in [0.25, 0.3) is 5.91 Å². The third-order valence-electron chi connectivity index (χ3n) is 7.68. The molecule has 0 unspecified atom stereocenters. The average Bonchev–Trinajstić information content (AvgIpc) is 3.46. The molecule has 2 aromatic heterocycles. The number of benzene rings is 1. The Morgan fingerprint density at radius 3 is 2.61 bits per heavy atom. The molecule has 1 aliphatic carbocycles. The summed E-state index contributed by atoms with van der Waals surface area (Å²) in [5, 5.41) is 10.2. The second kappa shape index (κ2) is 9.67. The summed E-state index contributed by atoms with van der Waals surface area (Å²) in [6.07, 6.45) is 5.57. The van der Waals surface area contributed by atoms with Gasteiger partial charge in [-0.05, 0) is 57.1 Å². The first-order chi connectivity index (χ1) is 16.9. The summed E-state index contributed by atoms with van der Waals surface area (Å²) in [4.78, 5) is 33.0. The highest BCUT2D eigenvalue weighted by Gasteiger charge is 2.41. The largest absolute Gasteiger partial charge is 0.347 e. The number of carbonyl (C=O) groups excluding carboxylic acids is 2. The van der Waals surface area contributed by atoms with Gasteiger partial charge in [-0.2, -0.15) is 5.10 Å². The minimum Gasteiger partial charge on any atom is -0.347 e. The van der Waals surface area contributed by atoms with Crippen LogP contribution in [0.15, 0.2) is 24.4 Å². The van der Waals surface area contributed by atoms with Crippen molar-refractivity contribution in [1.82, 2.24) is 30.4 Å². The lowest BCUT2D eigenvalue weighted by Gasteiger charge is -2.42. The Morgan fingerprint density at radius 2 is 1.97 bits per heavy atom. The van der Waals surface area contributed by atoms with Crippen LogP contribution in [0.2, 0.25) is 0 Å². The highest BCUT2D eigenvalue weighted by Crippen LogP contribution is 2.47. The van der Waals surface area contributed by atoms with Gasteiger partial charge in [-0.1, -0.05) is 32.8 Å². The van der Waals surface area contributed by atoms with Crippen LogP contribution >= 0.6 is 0 Å². The van der Waals surface area contributed by atoms with Crippen LogP contribution in [-0.2, 0) is 16.9 Å². The second-order valence-electron chi connectivity index (χ2n) is 11.0. The molecule has 4 rings (SSSR count). The van der Waals surface area contributed by atoms with Crippen molar-refractivity contribution in [3.8, 4) is 0 Å². The van der Waals surface area contributed by atoms with Crippen LogP contribution < -0.4 is 10.6 Å². The maximum absolute atomic E-state index is 15.7. The van der Waals surface area contributed by atoms with Crippen molar-refractivity contribution in [3.63, 3.8) is 0 Å². The van der Waals surface area contributed by atoms with E-state index in [0.717, 1.165) is 25.7 Å². The molecule has 2 amide bonds. The highest BCUT2D eigenvalue weighted by atomic mass is 19.1. The fourth-order valence-corrected chi connectivity index (χ4v) is 5.45. The fraction of sp³-hybridized carbons (Fsp3) is 0.556. The van der Waals surface area contributed by atoms with Crippen LogP contribution in [-0.4, -0.2) is 31.6 Å². The maximum Gasteiger partial charge on any atom is 0.270 e. The molecule has 1 atom stereocenters. The molecule has 0 saturated heterocycles. The summed E-state index contributed by atoms with van der Waals surface area (Å²) < 4.78 is 17.4. The number of nitrogens with zero attached hydrogens (tertiary/aromatic N) is 3. The average molecular weight is 497 g/mol. The molecule has 1 fully saturated rings. The summed E-state index contributed by atoms with van der Waals surface area (Å²) >= 11 is 0. The number of halogens is 1. The van der Waals surface area contributed by atoms with E-state index in [1.54, 1.807) is 42.9 Å². The summed E-state index contributed by atoms with van der Waals surface area (Å²) in [5.74, 6) is 0.211. The number of amides is 2. The Hall–Kier alpha value is -3.23. The van der Waals surface area contributed by atoms with Crippen molar-refractivity contribution in [1.29, 1.82) is 0 Å². The number of aryl methyl sites for hydroxylation is 1. The third kappa shape index (κ3) is 4.88. The lowest BCUT2D eigenvalue weighted by molar-refractivity contribution is -0.120. The van der Waals surface area contributed by atoms with E-state index in [1.165, 1.54) is 6.92 Å². The second-order valence-corrected chi connectivity index (χ2v) is 11.0. The first-order valence-corrected chi connectivity index (χ1v) is 12.7. The number of hydrogen-bond acceptors (Lipinski definition) is 4. The smallest absolute Gasteiger partial charge is 0.270 e. The van der Waals surface area contributed by atoms with Crippen molar-refractivity contribution >= 4 is 22.8 Å². The van der Waals surface area contributed by atoms with E-state index in [9.17, 15) is 9.59 Å². The van der Waals surface area contributed by atoms with Crippen LogP contribution in [0.1, 0.15) is 95.1 Å². The summed E-state index contributed by atoms with van der Waals surface area (Å²) in [7, 11) is 0. The molecule has 3 aromatic rings. The van der Waals surface area contributed by atoms with E-state index in [1.807, 2.05) is 6.92 Å². The van der Waals surface area contributed by atoms with Gasteiger partial charge in [0.05, 0.1) is 17.1 Å². The molecular formula is C27H37FN6O2. The Morgan fingerprint density at radius 1 is 1.28 bits per heavy atom. The van der Waals surface area contributed by atoms with Gasteiger partial charge in [-0.15, -0.1) is 0 Å². The molecule has 0 spiro atoms. The molecule has 8 nitrogen and oxygen atoms in total. The molecule has 1 saturated carbocycles. The summed E-state index contributed by atoms with van der Waals surface area (Å²) in [6.45, 7) is 11.9. The Labute approximate surface area is 211 Å². The van der Waals surface area contributed by atoms with Gasteiger partial charge in [-0.3, -0.25) is 14.3 Å². The number of rotatable bonds is 7. The van der Waals surface area contributed by atoms with Gasteiger partial charge in [0.1, 0.15) is 17.0 Å². The molecule has 0 bridgehead atoms. The molecule has 1 aliphatic rings. The third-order valence-corrected chi connectivity index (χ3v) is 7.68. The van der Waals surface area contributed by atoms with Crippen LogP contribution in [0.25, 0.3) is 11.0 Å². The number of imidazole rings is 1. The van der Waals surface area contributed by atoms with Gasteiger partial charge in [-0.25, -0.2) is 9.37 Å². The molecule has 9 heteroatoms. The van der Waals surface area contributed by atoms with Gasteiger partial charge in [0, 0.05) is 25.2 Å². The van der Waals surface area contributed by atoms with Crippen LogP contribution in [0.4, 0.5) is 4.39 Å². The first-order valence-electron chi connectivity index (χ1n) is 12.7. The van der Waals surface area contributed by atoms with Gasteiger partial charge in [0.15, 0.2) is 5.82 Å². The molecular weight excluding hydrogens is 459 g/mol. The predicted molar refractivity (Wildman–Crippen MR) is 137 cm³/mol. The van der Waals surface area contributed by atoms with Crippen molar-refractivity contribution < 1.29 is 14.0 Å². The van der Waals surface area contributed by atoms with E-state index in [4.69, 9.17) is 4.98 Å². The molecule has 0 aliphatic heterocycles. The molecule has 0 radical (unpaired) electrons. The SMILES string of the molecule is CCn1nccc1C(=O)N[C@H](c1nc2c(F)c(C(C)(C)NC(C)=O)ccc2[nH]1)C1(C)CCC(C)CC1. The zero-order valence-electron chi connectivity index (χ0n) is 22.0. The number of aromatic nitrogens is 4. The maximum atomic E-state index is 15.7. The lowest BCUT2D eigenvalue weighted by Crippen LogP contribution is -2.42. The van der Waals surface area contributed by atoms with Crippen molar-refractivity contribution in [2.45, 2.75) is 85.4 Å². The summed E-state index contributed by atoms with van der Waals surface area (Å²) in [5.41, 5.74) is 0.440. The van der Waals surface area contributed by atoms with Crippen molar-refractivity contribution in [3.05, 3.63) is 47.3 Å². The number of nitrogens with one attached hydrogen (secondary N) is 3. The number of aromatic amines is 1. The predicted octanol–water partition coefficient (Wildman–Crippen LogP) is 4.98. The number of hydrogen-bond donors (Lipinski definition) is 3. The normalized spacial score (nSPS) is 21.4. The summed E-state index contributed by atoms with van der Waals surface area (Å²) in [6, 6.07) is 4.73. The lowest BCUT2D eigenvalue weighted by atomic mass is 9.67. The zero-order chi connectivity index (χ0) is 26.3. The van der Waals surface area contributed by atoms with Gasteiger partial charge >= 0.3 is 0 Å². The van der Waals surface area contributed by atoms with Crippen molar-refractivity contribution in [2.75, 3.05) is 0 Å². The Bertz CT molecular complexity index is 1270. The van der Waals surface area contributed by atoms with E-state index in [2.05, 4.69) is 34.6 Å². The van der Waals surface area contributed by atoms with Gasteiger partial charge < -0.3 is 15.6 Å². The van der Waals surface area contributed by atoms with E-state index in [-0.39, 0.29) is 22.7 Å². The highest BCUT2D eigenvalue weighted by molar-refractivity contribution is 5.92. The molecule has 2 heterocycles. The minimum atomic E-state index is -0.902. The van der Waals surface area contributed by atoms with E-state index >= 15 is 4.39 Å². The monoisotopic (exact) mass is 496 g/mol. The Balaban J connectivity index is 1.76. The first kappa shape index (κ1) is 25.9. The van der Waals surface area contributed by atoms with Crippen molar-refractivity contribution in [2.24, 2.45) is 11.3 Å². The van der Waals surface area contributed by atoms with Crippen LogP contribution in [0, 0.1) is 17.2 Å². The molecule has 194 valence electrons. The molecule has 3 N–H and O–H groups in total. The standard InChI is InChI=1S/C27H37FN6O2/c1-7-34-20(12-15-29-34)25(36)32-23(27(6)13-10-16(2)11-14-27)24-30-19-9-8-18(21(28)22(19)31-24)26(4,5)33-17(3)35/h8-9,12,15-16,23H,7,10-11,13-14H2,1-6H3,(H,30,31)(H,32,36)(H,33,35)/t16?,23-,27?/m1/s1. The van der Waals surface area contributed by atoms with Crippen LogP contribution in [0.3, 0.4) is 0 Å². The van der Waals surface area contributed by atoms with E-state index in [0.29, 0.717) is 35.1 Å². The molecule has 1 aromatic carbocycles. The number of fused-ring (bicyclic) bond motifs is 1. The Kier molecular flexibility index (Phi) is 6.94. The minimum absolute atomic E-state index is 0.201.